The maximum absolute atomic E-state index is 12.6. The molecule has 0 N–H and O–H groups in total. The molecule has 1 aliphatic heterocycles. The average Bonchev–Trinajstić information content (AvgIpc) is 2.82. The van der Waals surface area contributed by atoms with Crippen molar-refractivity contribution in [3.8, 4) is 0 Å². The lowest BCUT2D eigenvalue weighted by atomic mass is 10.1. The zero-order chi connectivity index (χ0) is 17.3. The molecule has 2 nitrogen and oxygen atoms in total. The van der Waals surface area contributed by atoms with E-state index in [-0.39, 0.29) is 5.91 Å². The number of amides is 1. The number of thiocarbonyl (C=S) groups is 1. The highest BCUT2D eigenvalue weighted by atomic mass is 32.2. The third kappa shape index (κ3) is 3.37. The van der Waals surface area contributed by atoms with Crippen molar-refractivity contribution in [2.75, 3.05) is 4.90 Å². The predicted octanol–water partition coefficient (Wildman–Crippen LogP) is 5.11. The van der Waals surface area contributed by atoms with Gasteiger partial charge in [-0.1, -0.05) is 54.3 Å². The largest absolute Gasteiger partial charge is 0.416 e. The van der Waals surface area contributed by atoms with Crippen molar-refractivity contribution in [1.82, 2.24) is 0 Å². The topological polar surface area (TPSA) is 20.3 Å². The molecule has 1 aliphatic rings. The average molecular weight is 365 g/mol. The summed E-state index contributed by atoms with van der Waals surface area (Å²) < 4.78 is 38.1. The summed E-state index contributed by atoms with van der Waals surface area (Å²) >= 11 is 6.37. The monoisotopic (exact) mass is 365 g/mol. The lowest BCUT2D eigenvalue weighted by Crippen LogP contribution is -2.27. The van der Waals surface area contributed by atoms with E-state index in [4.69, 9.17) is 12.2 Å². The SMILES string of the molecule is O=C1/C(=C/c2ccc(C(F)(F)F)cc2)SC(=S)N1c1ccccc1. The van der Waals surface area contributed by atoms with Gasteiger partial charge in [0.05, 0.1) is 16.2 Å². The van der Waals surface area contributed by atoms with E-state index < -0.39 is 11.7 Å². The van der Waals surface area contributed by atoms with Crippen molar-refractivity contribution in [3.63, 3.8) is 0 Å². The molecule has 122 valence electrons. The summed E-state index contributed by atoms with van der Waals surface area (Å²) in [4.78, 5) is 14.3. The molecule has 0 atom stereocenters. The molecule has 0 spiro atoms. The van der Waals surface area contributed by atoms with Crippen LogP contribution in [0.5, 0.6) is 0 Å². The van der Waals surface area contributed by atoms with Gasteiger partial charge < -0.3 is 0 Å². The molecule has 0 aliphatic carbocycles. The van der Waals surface area contributed by atoms with Crippen LogP contribution in [0.4, 0.5) is 18.9 Å². The van der Waals surface area contributed by atoms with E-state index in [2.05, 4.69) is 0 Å². The highest BCUT2D eigenvalue weighted by molar-refractivity contribution is 8.27. The number of halogens is 3. The van der Waals surface area contributed by atoms with Gasteiger partial charge in [0.25, 0.3) is 5.91 Å². The Morgan fingerprint density at radius 1 is 1.00 bits per heavy atom. The third-order valence-corrected chi connectivity index (χ3v) is 4.65. The molecule has 1 heterocycles. The molecular weight excluding hydrogens is 355 g/mol. The number of nitrogens with zero attached hydrogens (tertiary/aromatic N) is 1. The van der Waals surface area contributed by atoms with Crippen molar-refractivity contribution in [1.29, 1.82) is 0 Å². The Morgan fingerprint density at radius 2 is 1.62 bits per heavy atom. The summed E-state index contributed by atoms with van der Waals surface area (Å²) in [5, 5.41) is 0. The Kier molecular flexibility index (Phi) is 4.47. The number of hydrogen-bond acceptors (Lipinski definition) is 3. The number of benzene rings is 2. The summed E-state index contributed by atoms with van der Waals surface area (Å²) in [6, 6.07) is 13.6. The molecule has 0 radical (unpaired) electrons. The van der Waals surface area contributed by atoms with E-state index in [0.717, 1.165) is 23.9 Å². The van der Waals surface area contributed by atoms with Crippen molar-refractivity contribution >= 4 is 46.0 Å². The molecule has 1 fully saturated rings. The summed E-state index contributed by atoms with van der Waals surface area (Å²) in [7, 11) is 0. The Morgan fingerprint density at radius 3 is 2.21 bits per heavy atom. The quantitative estimate of drug-likeness (QED) is 0.545. The number of anilines is 1. The van der Waals surface area contributed by atoms with Gasteiger partial charge in [-0.3, -0.25) is 9.69 Å². The Bertz CT molecular complexity index is 814. The van der Waals surface area contributed by atoms with Crippen LogP contribution in [0, 0.1) is 0 Å². The summed E-state index contributed by atoms with van der Waals surface area (Å²) in [5.41, 5.74) is 0.448. The zero-order valence-corrected chi connectivity index (χ0v) is 13.7. The van der Waals surface area contributed by atoms with Crippen LogP contribution in [0.3, 0.4) is 0 Å². The first kappa shape index (κ1) is 16.7. The molecule has 24 heavy (non-hydrogen) atoms. The van der Waals surface area contributed by atoms with Gasteiger partial charge in [-0.2, -0.15) is 13.2 Å². The fourth-order valence-electron chi connectivity index (χ4n) is 2.19. The maximum Gasteiger partial charge on any atom is 0.416 e. The molecule has 0 bridgehead atoms. The lowest BCUT2D eigenvalue weighted by molar-refractivity contribution is -0.137. The molecule has 1 amide bonds. The van der Waals surface area contributed by atoms with Crippen LogP contribution >= 0.6 is 24.0 Å². The molecular formula is C17H10F3NOS2. The number of carbonyl (C=O) groups excluding carboxylic acids is 1. The molecule has 1 saturated heterocycles. The Hall–Kier alpha value is -2.12. The summed E-state index contributed by atoms with van der Waals surface area (Å²) in [5.74, 6) is -0.281. The van der Waals surface area contributed by atoms with Gasteiger partial charge >= 0.3 is 6.18 Å². The van der Waals surface area contributed by atoms with Crippen LogP contribution in [-0.2, 0) is 11.0 Å². The Labute approximate surface area is 146 Å². The number of alkyl halides is 3. The van der Waals surface area contributed by atoms with E-state index in [1.165, 1.54) is 17.0 Å². The minimum atomic E-state index is -4.38. The number of para-hydroxylation sites is 1. The molecule has 0 aromatic heterocycles. The molecule has 3 rings (SSSR count). The second-order valence-electron chi connectivity index (χ2n) is 4.97. The summed E-state index contributed by atoms with van der Waals surface area (Å²) in [6.45, 7) is 0. The highest BCUT2D eigenvalue weighted by Crippen LogP contribution is 2.36. The smallest absolute Gasteiger partial charge is 0.268 e. The predicted molar refractivity (Wildman–Crippen MR) is 93.5 cm³/mol. The van der Waals surface area contributed by atoms with Crippen LogP contribution < -0.4 is 4.90 Å². The number of thioether (sulfide) groups is 1. The van der Waals surface area contributed by atoms with Crippen LogP contribution in [-0.4, -0.2) is 10.2 Å². The number of rotatable bonds is 2. The standard InChI is InChI=1S/C17H10F3NOS2/c18-17(19,20)12-8-6-11(7-9-12)10-14-15(22)21(16(23)24-14)13-4-2-1-3-5-13/h1-10H/b14-10-. The van der Waals surface area contributed by atoms with E-state index in [1.807, 2.05) is 6.07 Å². The molecule has 7 heteroatoms. The van der Waals surface area contributed by atoms with Gasteiger partial charge in [0, 0.05) is 0 Å². The van der Waals surface area contributed by atoms with Gasteiger partial charge in [-0.05, 0) is 35.9 Å². The van der Waals surface area contributed by atoms with Crippen molar-refractivity contribution in [3.05, 3.63) is 70.6 Å². The molecule has 2 aromatic carbocycles. The first-order chi connectivity index (χ1) is 11.4. The van der Waals surface area contributed by atoms with E-state index in [1.54, 1.807) is 30.3 Å². The highest BCUT2D eigenvalue weighted by Gasteiger charge is 2.33. The van der Waals surface area contributed by atoms with Gasteiger partial charge in [0.2, 0.25) is 0 Å². The fraction of sp³-hybridized carbons (Fsp3) is 0.0588. The lowest BCUT2D eigenvalue weighted by Gasteiger charge is -2.13. The summed E-state index contributed by atoms with van der Waals surface area (Å²) in [6.07, 6.45) is -2.84. The fourth-order valence-corrected chi connectivity index (χ4v) is 3.49. The van der Waals surface area contributed by atoms with Crippen LogP contribution in [0.15, 0.2) is 59.5 Å². The van der Waals surface area contributed by atoms with Crippen molar-refractivity contribution in [2.24, 2.45) is 0 Å². The van der Waals surface area contributed by atoms with E-state index in [9.17, 15) is 18.0 Å². The van der Waals surface area contributed by atoms with Crippen molar-refractivity contribution < 1.29 is 18.0 Å². The first-order valence-electron chi connectivity index (χ1n) is 6.86. The van der Waals surface area contributed by atoms with Crippen LogP contribution in [0.2, 0.25) is 0 Å². The minimum Gasteiger partial charge on any atom is -0.268 e. The second kappa shape index (κ2) is 6.41. The minimum absolute atomic E-state index is 0.281. The molecule has 0 unspecified atom stereocenters. The van der Waals surface area contributed by atoms with Crippen LogP contribution in [0.25, 0.3) is 6.08 Å². The third-order valence-electron chi connectivity index (χ3n) is 3.34. The Balaban J connectivity index is 1.87. The van der Waals surface area contributed by atoms with Gasteiger partial charge in [0.15, 0.2) is 4.32 Å². The van der Waals surface area contributed by atoms with Gasteiger partial charge in [0.1, 0.15) is 0 Å². The molecule has 2 aromatic rings. The van der Waals surface area contributed by atoms with Gasteiger partial charge in [-0.25, -0.2) is 0 Å². The number of carbonyl (C=O) groups is 1. The van der Waals surface area contributed by atoms with Crippen LogP contribution in [0.1, 0.15) is 11.1 Å². The second-order valence-corrected chi connectivity index (χ2v) is 6.65. The number of hydrogen-bond donors (Lipinski definition) is 0. The van der Waals surface area contributed by atoms with Crippen molar-refractivity contribution in [2.45, 2.75) is 6.18 Å². The van der Waals surface area contributed by atoms with E-state index >= 15 is 0 Å². The van der Waals surface area contributed by atoms with Gasteiger partial charge in [-0.15, -0.1) is 0 Å². The van der Waals surface area contributed by atoms with E-state index in [0.29, 0.717) is 20.5 Å². The molecule has 0 saturated carbocycles. The maximum atomic E-state index is 12.6. The first-order valence-corrected chi connectivity index (χ1v) is 8.09. The normalized spacial score (nSPS) is 17.0. The zero-order valence-electron chi connectivity index (χ0n) is 12.1.